The molecule has 1 aliphatic rings. The molecule has 3 rings (SSSR count). The summed E-state index contributed by atoms with van der Waals surface area (Å²) in [6, 6.07) is 0. The highest BCUT2D eigenvalue weighted by Crippen LogP contribution is 2.37. The van der Waals surface area contributed by atoms with Crippen LogP contribution in [0.25, 0.3) is 11.0 Å². The van der Waals surface area contributed by atoms with E-state index < -0.39 is 0 Å². The average molecular weight is 244 g/mol. The van der Waals surface area contributed by atoms with E-state index in [2.05, 4.69) is 33.1 Å². The lowest BCUT2D eigenvalue weighted by Gasteiger charge is -2.10. The van der Waals surface area contributed by atoms with Gasteiger partial charge in [-0.1, -0.05) is 12.8 Å². The lowest BCUT2D eigenvalue weighted by molar-refractivity contribution is 0.700. The number of fused-ring (bicyclic) bond motifs is 1. The Morgan fingerprint density at radius 1 is 1.33 bits per heavy atom. The lowest BCUT2D eigenvalue weighted by atomic mass is 9.99. The van der Waals surface area contributed by atoms with Crippen LogP contribution in [-0.4, -0.2) is 21.6 Å². The van der Waals surface area contributed by atoms with E-state index in [1.54, 1.807) is 6.33 Å². The maximum absolute atomic E-state index is 4.59. The van der Waals surface area contributed by atoms with Gasteiger partial charge in [0.1, 0.15) is 12.0 Å². The molecule has 1 fully saturated rings. The maximum Gasteiger partial charge on any atom is 0.143 e. The van der Waals surface area contributed by atoms with Gasteiger partial charge < -0.3 is 9.88 Å². The van der Waals surface area contributed by atoms with Crippen molar-refractivity contribution in [3.8, 4) is 0 Å². The normalized spacial score (nSPS) is 16.8. The third-order valence-electron chi connectivity index (χ3n) is 3.97. The second-order valence-electron chi connectivity index (χ2n) is 5.23. The highest BCUT2D eigenvalue weighted by molar-refractivity contribution is 5.83. The van der Waals surface area contributed by atoms with Crippen molar-refractivity contribution in [3.05, 3.63) is 23.8 Å². The zero-order chi connectivity index (χ0) is 12.5. The first-order chi connectivity index (χ1) is 8.81. The summed E-state index contributed by atoms with van der Waals surface area (Å²) in [6.45, 7) is 0.879. The molecule has 2 heterocycles. The Labute approximate surface area is 107 Å². The molecular formula is C14H20N4. The number of hydrogen-bond donors (Lipinski definition) is 1. The molecule has 0 radical (unpaired) electrons. The van der Waals surface area contributed by atoms with Crippen LogP contribution in [-0.2, 0) is 13.6 Å². The van der Waals surface area contributed by atoms with E-state index in [-0.39, 0.29) is 0 Å². The van der Waals surface area contributed by atoms with Gasteiger partial charge in [0.15, 0.2) is 0 Å². The van der Waals surface area contributed by atoms with Crippen LogP contribution in [0.15, 0.2) is 12.5 Å². The minimum atomic E-state index is 0.633. The van der Waals surface area contributed by atoms with Gasteiger partial charge in [0, 0.05) is 31.1 Å². The van der Waals surface area contributed by atoms with Crippen molar-refractivity contribution in [1.82, 2.24) is 19.9 Å². The molecule has 18 heavy (non-hydrogen) atoms. The molecule has 4 nitrogen and oxygen atoms in total. The predicted octanol–water partition coefficient (Wildman–Crippen LogP) is 2.35. The lowest BCUT2D eigenvalue weighted by Crippen LogP contribution is -2.06. The van der Waals surface area contributed by atoms with E-state index in [1.807, 2.05) is 7.05 Å². The molecule has 96 valence electrons. The van der Waals surface area contributed by atoms with Gasteiger partial charge in [0.05, 0.1) is 5.69 Å². The largest absolute Gasteiger partial charge is 0.335 e. The SMILES string of the molecule is CNCc1cn(C)c2ncnc(C3CCCC3)c12. The van der Waals surface area contributed by atoms with Crippen LogP contribution in [0.4, 0.5) is 0 Å². The maximum atomic E-state index is 4.59. The minimum Gasteiger partial charge on any atom is -0.335 e. The molecule has 2 aromatic heterocycles. The average Bonchev–Trinajstić information content (AvgIpc) is 2.99. The van der Waals surface area contributed by atoms with Crippen molar-refractivity contribution >= 4 is 11.0 Å². The number of aromatic nitrogens is 3. The van der Waals surface area contributed by atoms with Gasteiger partial charge in [-0.3, -0.25) is 0 Å². The molecule has 0 amide bonds. The number of hydrogen-bond acceptors (Lipinski definition) is 3. The number of nitrogens with one attached hydrogen (secondary N) is 1. The van der Waals surface area contributed by atoms with Crippen LogP contribution in [0.3, 0.4) is 0 Å². The summed E-state index contributed by atoms with van der Waals surface area (Å²) in [5.41, 5.74) is 3.65. The van der Waals surface area contributed by atoms with Crippen molar-refractivity contribution in [2.45, 2.75) is 38.1 Å². The van der Waals surface area contributed by atoms with Gasteiger partial charge in [-0.25, -0.2) is 9.97 Å². The monoisotopic (exact) mass is 244 g/mol. The van der Waals surface area contributed by atoms with Gasteiger partial charge in [0.2, 0.25) is 0 Å². The molecule has 1 saturated carbocycles. The van der Waals surface area contributed by atoms with E-state index >= 15 is 0 Å². The topological polar surface area (TPSA) is 42.7 Å². The van der Waals surface area contributed by atoms with Crippen LogP contribution in [0.1, 0.15) is 42.9 Å². The quantitative estimate of drug-likeness (QED) is 0.901. The molecule has 0 aliphatic heterocycles. The van der Waals surface area contributed by atoms with Gasteiger partial charge in [-0.2, -0.15) is 0 Å². The number of nitrogens with zero attached hydrogens (tertiary/aromatic N) is 3. The second-order valence-corrected chi connectivity index (χ2v) is 5.23. The first-order valence-corrected chi connectivity index (χ1v) is 6.74. The fraction of sp³-hybridized carbons (Fsp3) is 0.571. The van der Waals surface area contributed by atoms with E-state index in [4.69, 9.17) is 0 Å². The van der Waals surface area contributed by atoms with E-state index in [0.29, 0.717) is 5.92 Å². The summed E-state index contributed by atoms with van der Waals surface area (Å²) in [4.78, 5) is 9.03. The molecule has 0 unspecified atom stereocenters. The van der Waals surface area contributed by atoms with Crippen molar-refractivity contribution in [3.63, 3.8) is 0 Å². The summed E-state index contributed by atoms with van der Waals surface area (Å²) in [5.74, 6) is 0.633. The van der Waals surface area contributed by atoms with Crippen LogP contribution in [0.5, 0.6) is 0 Å². The van der Waals surface area contributed by atoms with Gasteiger partial charge in [-0.05, 0) is 25.5 Å². The second kappa shape index (κ2) is 4.69. The molecule has 4 heteroatoms. The highest BCUT2D eigenvalue weighted by atomic mass is 15.0. The van der Waals surface area contributed by atoms with Crippen LogP contribution in [0.2, 0.25) is 0 Å². The van der Waals surface area contributed by atoms with E-state index in [1.165, 1.54) is 42.3 Å². The molecule has 0 spiro atoms. The Bertz CT molecular complexity index is 552. The van der Waals surface area contributed by atoms with Crippen LogP contribution in [0, 0.1) is 0 Å². The summed E-state index contributed by atoms with van der Waals surface area (Å²) in [5, 5.41) is 4.52. The van der Waals surface area contributed by atoms with Crippen molar-refractivity contribution in [2.24, 2.45) is 7.05 Å². The Hall–Kier alpha value is -1.42. The van der Waals surface area contributed by atoms with Gasteiger partial charge in [-0.15, -0.1) is 0 Å². The Kier molecular flexibility index (Phi) is 3.04. The molecule has 0 saturated heterocycles. The summed E-state index contributed by atoms with van der Waals surface area (Å²) >= 11 is 0. The highest BCUT2D eigenvalue weighted by Gasteiger charge is 2.23. The molecule has 0 aromatic carbocycles. The van der Waals surface area contributed by atoms with Gasteiger partial charge >= 0.3 is 0 Å². The fourth-order valence-electron chi connectivity index (χ4n) is 3.16. The van der Waals surface area contributed by atoms with Crippen molar-refractivity contribution < 1.29 is 0 Å². The van der Waals surface area contributed by atoms with Crippen molar-refractivity contribution in [1.29, 1.82) is 0 Å². The molecule has 1 N–H and O–H groups in total. The molecule has 0 bridgehead atoms. The summed E-state index contributed by atoms with van der Waals surface area (Å²) < 4.78 is 2.11. The van der Waals surface area contributed by atoms with Crippen molar-refractivity contribution in [2.75, 3.05) is 7.05 Å². The third-order valence-corrected chi connectivity index (χ3v) is 3.97. The molecule has 1 aliphatic carbocycles. The van der Waals surface area contributed by atoms with E-state index in [9.17, 15) is 0 Å². The summed E-state index contributed by atoms with van der Waals surface area (Å²) in [7, 11) is 4.05. The van der Waals surface area contributed by atoms with Gasteiger partial charge in [0.25, 0.3) is 0 Å². The number of rotatable bonds is 3. The van der Waals surface area contributed by atoms with Crippen LogP contribution >= 0.6 is 0 Å². The molecule has 0 atom stereocenters. The van der Waals surface area contributed by atoms with E-state index in [0.717, 1.165) is 12.2 Å². The first-order valence-electron chi connectivity index (χ1n) is 6.74. The van der Waals surface area contributed by atoms with Crippen LogP contribution < -0.4 is 5.32 Å². The Morgan fingerprint density at radius 3 is 2.83 bits per heavy atom. The first kappa shape index (κ1) is 11.7. The third kappa shape index (κ3) is 1.81. The number of aryl methyl sites for hydroxylation is 1. The summed E-state index contributed by atoms with van der Waals surface area (Å²) in [6.07, 6.45) is 9.13. The zero-order valence-electron chi connectivity index (χ0n) is 11.1. The Balaban J connectivity index is 2.17. The standard InChI is InChI=1S/C14H20N4/c1-15-7-11-8-18(2)14-12(11)13(16-9-17-14)10-5-3-4-6-10/h8-10,15H,3-7H2,1-2H3. The molecular weight excluding hydrogens is 224 g/mol. The zero-order valence-corrected chi connectivity index (χ0v) is 11.1. The fourth-order valence-corrected chi connectivity index (χ4v) is 3.16. The predicted molar refractivity (Wildman–Crippen MR) is 72.5 cm³/mol. The minimum absolute atomic E-state index is 0.633. The molecule has 2 aromatic rings. The smallest absolute Gasteiger partial charge is 0.143 e. The Morgan fingerprint density at radius 2 is 2.11 bits per heavy atom.